The summed E-state index contributed by atoms with van der Waals surface area (Å²) in [5, 5.41) is 4.77. The first-order valence-electron chi connectivity index (χ1n) is 5.67. The van der Waals surface area contributed by atoms with Gasteiger partial charge in [-0.2, -0.15) is 0 Å². The van der Waals surface area contributed by atoms with Crippen molar-refractivity contribution in [3.63, 3.8) is 0 Å². The molecule has 1 heterocycles. The first-order valence-corrected chi connectivity index (χ1v) is 6.42. The van der Waals surface area contributed by atoms with Crippen LogP contribution in [0.1, 0.15) is 12.8 Å². The first-order chi connectivity index (χ1) is 7.75. The Hall–Kier alpha value is -0.440. The lowest BCUT2D eigenvalue weighted by Gasteiger charge is -2.15. The molecule has 1 saturated heterocycles. The molecule has 0 unspecified atom stereocenters. The highest BCUT2D eigenvalue weighted by Gasteiger charge is 2.10. The van der Waals surface area contributed by atoms with Crippen LogP contribution in [0.15, 0.2) is 18.2 Å². The van der Waals surface area contributed by atoms with Crippen molar-refractivity contribution in [3.05, 3.63) is 28.2 Å². The minimum atomic E-state index is 0.716. The van der Waals surface area contributed by atoms with Gasteiger partial charge in [-0.25, -0.2) is 0 Å². The predicted octanol–water partition coefficient (Wildman–Crippen LogP) is 3.50. The smallest absolute Gasteiger partial charge is 0.0638 e. The molecule has 0 bridgehead atoms. The molecule has 0 spiro atoms. The number of halogens is 2. The Labute approximate surface area is 107 Å². The number of anilines is 1. The molecule has 0 radical (unpaired) electrons. The maximum absolute atomic E-state index is 6.06. The molecule has 1 aliphatic rings. The quantitative estimate of drug-likeness (QED) is 0.890. The molecular formula is C12H16Cl2N2. The second-order valence-corrected chi connectivity index (χ2v) is 4.94. The summed E-state index contributed by atoms with van der Waals surface area (Å²) in [6.45, 7) is 4.44. The van der Waals surface area contributed by atoms with Crippen LogP contribution >= 0.6 is 23.2 Å². The molecule has 0 saturated carbocycles. The maximum Gasteiger partial charge on any atom is 0.0638 e. The third kappa shape index (κ3) is 3.27. The van der Waals surface area contributed by atoms with Gasteiger partial charge in [-0.05, 0) is 44.1 Å². The van der Waals surface area contributed by atoms with Gasteiger partial charge in [0, 0.05) is 18.1 Å². The average molecular weight is 259 g/mol. The lowest BCUT2D eigenvalue weighted by atomic mass is 10.3. The Kier molecular flexibility index (Phi) is 4.33. The van der Waals surface area contributed by atoms with Gasteiger partial charge in [0.25, 0.3) is 0 Å². The van der Waals surface area contributed by atoms with Crippen LogP contribution in [-0.2, 0) is 0 Å². The van der Waals surface area contributed by atoms with E-state index in [0.29, 0.717) is 5.02 Å². The fraction of sp³-hybridized carbons (Fsp3) is 0.500. The number of benzene rings is 1. The summed E-state index contributed by atoms with van der Waals surface area (Å²) < 4.78 is 0. The van der Waals surface area contributed by atoms with E-state index >= 15 is 0 Å². The molecule has 1 aromatic rings. The van der Waals surface area contributed by atoms with Crippen molar-refractivity contribution in [2.24, 2.45) is 0 Å². The van der Waals surface area contributed by atoms with Gasteiger partial charge in [0.15, 0.2) is 0 Å². The first kappa shape index (κ1) is 12.0. The van der Waals surface area contributed by atoms with Gasteiger partial charge >= 0.3 is 0 Å². The molecule has 2 rings (SSSR count). The zero-order valence-electron chi connectivity index (χ0n) is 9.18. The van der Waals surface area contributed by atoms with E-state index in [1.54, 1.807) is 6.07 Å². The average Bonchev–Trinajstić information content (AvgIpc) is 2.76. The molecule has 1 aliphatic heterocycles. The van der Waals surface area contributed by atoms with Crippen LogP contribution in [0.5, 0.6) is 0 Å². The number of hydrogen-bond donors (Lipinski definition) is 1. The van der Waals surface area contributed by atoms with E-state index in [2.05, 4.69) is 10.2 Å². The van der Waals surface area contributed by atoms with Crippen molar-refractivity contribution in [1.29, 1.82) is 0 Å². The van der Waals surface area contributed by atoms with Crippen molar-refractivity contribution >= 4 is 28.9 Å². The van der Waals surface area contributed by atoms with E-state index in [4.69, 9.17) is 23.2 Å². The van der Waals surface area contributed by atoms with Gasteiger partial charge in [0.1, 0.15) is 0 Å². The molecule has 16 heavy (non-hydrogen) atoms. The predicted molar refractivity (Wildman–Crippen MR) is 70.6 cm³/mol. The SMILES string of the molecule is Clc1ccc(Cl)c(NCCN2CCCC2)c1. The number of nitrogens with one attached hydrogen (secondary N) is 1. The van der Waals surface area contributed by atoms with Gasteiger partial charge in [0.05, 0.1) is 10.7 Å². The van der Waals surface area contributed by atoms with Crippen molar-refractivity contribution in [3.8, 4) is 0 Å². The van der Waals surface area contributed by atoms with Crippen molar-refractivity contribution in [1.82, 2.24) is 4.90 Å². The number of likely N-dealkylation sites (tertiary alicyclic amines) is 1. The summed E-state index contributed by atoms with van der Waals surface area (Å²) >= 11 is 12.0. The third-order valence-electron chi connectivity index (χ3n) is 2.87. The summed E-state index contributed by atoms with van der Waals surface area (Å²) in [4.78, 5) is 2.46. The lowest BCUT2D eigenvalue weighted by Crippen LogP contribution is -2.25. The van der Waals surface area contributed by atoms with Gasteiger partial charge in [-0.1, -0.05) is 23.2 Å². The third-order valence-corrected chi connectivity index (χ3v) is 3.44. The molecule has 88 valence electrons. The van der Waals surface area contributed by atoms with E-state index in [-0.39, 0.29) is 0 Å². The van der Waals surface area contributed by atoms with Crippen LogP contribution < -0.4 is 5.32 Å². The topological polar surface area (TPSA) is 15.3 Å². The summed E-state index contributed by atoms with van der Waals surface area (Å²) in [5.74, 6) is 0. The van der Waals surface area contributed by atoms with E-state index in [0.717, 1.165) is 23.8 Å². The minimum Gasteiger partial charge on any atom is -0.383 e. The van der Waals surface area contributed by atoms with Gasteiger partial charge in [0.2, 0.25) is 0 Å². The fourth-order valence-electron chi connectivity index (χ4n) is 1.99. The van der Waals surface area contributed by atoms with Gasteiger partial charge in [-0.15, -0.1) is 0 Å². The number of nitrogens with zero attached hydrogens (tertiary/aromatic N) is 1. The highest BCUT2D eigenvalue weighted by atomic mass is 35.5. The normalized spacial score (nSPS) is 16.6. The van der Waals surface area contributed by atoms with E-state index in [1.807, 2.05) is 12.1 Å². The zero-order valence-corrected chi connectivity index (χ0v) is 10.7. The highest BCUT2D eigenvalue weighted by molar-refractivity contribution is 6.35. The summed E-state index contributed by atoms with van der Waals surface area (Å²) in [7, 11) is 0. The van der Waals surface area contributed by atoms with Crippen molar-refractivity contribution in [2.75, 3.05) is 31.5 Å². The zero-order chi connectivity index (χ0) is 11.4. The van der Waals surface area contributed by atoms with Crippen molar-refractivity contribution < 1.29 is 0 Å². The van der Waals surface area contributed by atoms with Gasteiger partial charge in [-0.3, -0.25) is 0 Å². The minimum absolute atomic E-state index is 0.716. The Morgan fingerprint density at radius 2 is 1.94 bits per heavy atom. The van der Waals surface area contributed by atoms with Crippen molar-refractivity contribution in [2.45, 2.75) is 12.8 Å². The van der Waals surface area contributed by atoms with Gasteiger partial charge < -0.3 is 10.2 Å². The lowest BCUT2D eigenvalue weighted by molar-refractivity contribution is 0.352. The number of rotatable bonds is 4. The van der Waals surface area contributed by atoms with E-state index in [9.17, 15) is 0 Å². The highest BCUT2D eigenvalue weighted by Crippen LogP contribution is 2.25. The molecule has 4 heteroatoms. The Balaban J connectivity index is 1.82. The molecule has 2 nitrogen and oxygen atoms in total. The second kappa shape index (κ2) is 5.76. The molecular weight excluding hydrogens is 243 g/mol. The van der Waals surface area contributed by atoms with Crippen LogP contribution in [0.4, 0.5) is 5.69 Å². The van der Waals surface area contributed by atoms with E-state index < -0.39 is 0 Å². The fourth-order valence-corrected chi connectivity index (χ4v) is 2.34. The maximum atomic E-state index is 6.06. The molecule has 0 aromatic heterocycles. The molecule has 0 atom stereocenters. The van der Waals surface area contributed by atoms with Crippen LogP contribution in [0.2, 0.25) is 10.0 Å². The Bertz CT molecular complexity index is 349. The standard InChI is InChI=1S/C12H16Cl2N2/c13-10-3-4-11(14)12(9-10)15-5-8-16-6-1-2-7-16/h3-4,9,15H,1-2,5-8H2. The van der Waals surface area contributed by atoms with E-state index in [1.165, 1.54) is 25.9 Å². The van der Waals surface area contributed by atoms with Crippen LogP contribution in [0, 0.1) is 0 Å². The Morgan fingerprint density at radius 1 is 1.19 bits per heavy atom. The molecule has 1 fully saturated rings. The monoisotopic (exact) mass is 258 g/mol. The molecule has 1 aromatic carbocycles. The Morgan fingerprint density at radius 3 is 2.69 bits per heavy atom. The van der Waals surface area contributed by atoms with Crippen LogP contribution in [-0.4, -0.2) is 31.1 Å². The summed E-state index contributed by atoms with van der Waals surface area (Å²) in [6.07, 6.45) is 2.66. The second-order valence-electron chi connectivity index (χ2n) is 4.10. The van der Waals surface area contributed by atoms with Crippen LogP contribution in [0.3, 0.4) is 0 Å². The summed E-state index contributed by atoms with van der Waals surface area (Å²) in [5.41, 5.74) is 0.924. The largest absolute Gasteiger partial charge is 0.383 e. The summed E-state index contributed by atoms with van der Waals surface area (Å²) in [6, 6.07) is 5.49. The number of hydrogen-bond acceptors (Lipinski definition) is 2. The molecule has 0 amide bonds. The molecule has 1 N–H and O–H groups in total. The molecule has 0 aliphatic carbocycles. The van der Waals surface area contributed by atoms with Crippen LogP contribution in [0.25, 0.3) is 0 Å².